The quantitative estimate of drug-likeness (QED) is 0.823. The number of hydrogen-bond donors (Lipinski definition) is 1. The zero-order valence-corrected chi connectivity index (χ0v) is 10.9. The Morgan fingerprint density at radius 3 is 2.35 bits per heavy atom. The highest BCUT2D eigenvalue weighted by molar-refractivity contribution is 7.85. The van der Waals surface area contributed by atoms with E-state index in [-0.39, 0.29) is 6.42 Å². The summed E-state index contributed by atoms with van der Waals surface area (Å²) in [6.45, 7) is 0.767. The van der Waals surface area contributed by atoms with Crippen LogP contribution < -0.4 is 0 Å². The van der Waals surface area contributed by atoms with Gasteiger partial charge in [0.2, 0.25) is 0 Å². The molecule has 1 rings (SSSR count). The van der Waals surface area contributed by atoms with Gasteiger partial charge in [0.15, 0.2) is 0 Å². The van der Waals surface area contributed by atoms with Crippen molar-refractivity contribution in [2.75, 3.05) is 26.4 Å². The number of nitrogens with zero attached hydrogens (tertiary/aromatic N) is 1. The Labute approximate surface area is 104 Å². The van der Waals surface area contributed by atoms with Gasteiger partial charge in [-0.2, -0.15) is 0 Å². The van der Waals surface area contributed by atoms with Gasteiger partial charge in [0, 0.05) is 17.2 Å². The summed E-state index contributed by atoms with van der Waals surface area (Å²) in [5.41, 5.74) is 0.728. The van der Waals surface area contributed by atoms with E-state index in [0.29, 0.717) is 5.75 Å². The molecule has 0 heterocycles. The predicted octanol–water partition coefficient (Wildman–Crippen LogP) is 0.983. The minimum absolute atomic E-state index is 0.00458. The normalized spacial score (nSPS) is 12.6. The molecule has 5 heteroatoms. The van der Waals surface area contributed by atoms with Crippen molar-refractivity contribution in [3.05, 3.63) is 29.8 Å². The maximum absolute atomic E-state index is 11.9. The highest BCUT2D eigenvalue weighted by Crippen LogP contribution is 2.09. The van der Waals surface area contributed by atoms with E-state index in [4.69, 9.17) is 5.11 Å². The molecule has 94 valence electrons. The number of rotatable bonds is 6. The van der Waals surface area contributed by atoms with E-state index in [1.165, 1.54) is 0 Å². The largest absolute Gasteiger partial charge is 0.481 e. The zero-order valence-electron chi connectivity index (χ0n) is 10.0. The molecular formula is C12H17NO3S. The van der Waals surface area contributed by atoms with Crippen LogP contribution in [0.4, 0.5) is 0 Å². The van der Waals surface area contributed by atoms with Crippen molar-refractivity contribution in [3.63, 3.8) is 0 Å². The third-order valence-electron chi connectivity index (χ3n) is 2.27. The number of hydrogen-bond acceptors (Lipinski definition) is 3. The van der Waals surface area contributed by atoms with E-state index in [9.17, 15) is 9.00 Å². The van der Waals surface area contributed by atoms with E-state index in [1.54, 1.807) is 24.3 Å². The predicted molar refractivity (Wildman–Crippen MR) is 67.6 cm³/mol. The summed E-state index contributed by atoms with van der Waals surface area (Å²) >= 11 is 0. The molecule has 1 N–H and O–H groups in total. The molecule has 17 heavy (non-hydrogen) atoms. The monoisotopic (exact) mass is 255 g/mol. The third-order valence-corrected chi connectivity index (χ3v) is 3.62. The fraction of sp³-hybridized carbons (Fsp3) is 0.417. The lowest BCUT2D eigenvalue weighted by molar-refractivity contribution is -0.136. The van der Waals surface area contributed by atoms with Crippen molar-refractivity contribution in [2.45, 2.75) is 11.3 Å². The van der Waals surface area contributed by atoms with Crippen LogP contribution in [0.2, 0.25) is 0 Å². The van der Waals surface area contributed by atoms with E-state index in [0.717, 1.165) is 17.0 Å². The summed E-state index contributed by atoms with van der Waals surface area (Å²) in [6, 6.07) is 6.92. The van der Waals surface area contributed by atoms with Crippen molar-refractivity contribution >= 4 is 16.8 Å². The number of carbonyl (C=O) groups is 1. The van der Waals surface area contributed by atoms with Gasteiger partial charge in [-0.15, -0.1) is 0 Å². The van der Waals surface area contributed by atoms with Gasteiger partial charge in [-0.3, -0.25) is 9.00 Å². The molecule has 1 aromatic carbocycles. The summed E-state index contributed by atoms with van der Waals surface area (Å²) < 4.78 is 11.9. The van der Waals surface area contributed by atoms with Crippen LogP contribution >= 0.6 is 0 Å². The van der Waals surface area contributed by atoms with Crippen LogP contribution in [-0.4, -0.2) is 46.6 Å². The lowest BCUT2D eigenvalue weighted by atomic mass is 10.2. The molecule has 0 amide bonds. The molecule has 0 saturated carbocycles. The first kappa shape index (κ1) is 13.9. The van der Waals surface area contributed by atoms with Crippen LogP contribution in [0.5, 0.6) is 0 Å². The summed E-state index contributed by atoms with van der Waals surface area (Å²) in [5.74, 6) is -0.267. The third kappa shape index (κ3) is 5.10. The highest BCUT2D eigenvalue weighted by Gasteiger charge is 2.05. The van der Waals surface area contributed by atoms with Gasteiger partial charge in [0.05, 0.1) is 17.2 Å². The second-order valence-corrected chi connectivity index (χ2v) is 5.64. The molecule has 0 saturated heterocycles. The Morgan fingerprint density at radius 1 is 1.29 bits per heavy atom. The summed E-state index contributed by atoms with van der Waals surface area (Å²) in [5, 5.41) is 8.63. The molecule has 1 atom stereocenters. The first-order valence-electron chi connectivity index (χ1n) is 5.33. The molecule has 0 fully saturated rings. The maximum atomic E-state index is 11.9. The summed E-state index contributed by atoms with van der Waals surface area (Å²) in [4.78, 5) is 13.2. The number of carboxylic acid groups (broad SMARTS) is 1. The van der Waals surface area contributed by atoms with E-state index in [2.05, 4.69) is 0 Å². The van der Waals surface area contributed by atoms with E-state index >= 15 is 0 Å². The van der Waals surface area contributed by atoms with Crippen LogP contribution in [-0.2, 0) is 22.0 Å². The van der Waals surface area contributed by atoms with Crippen LogP contribution in [0.15, 0.2) is 29.2 Å². The first-order valence-corrected chi connectivity index (χ1v) is 6.65. The zero-order chi connectivity index (χ0) is 12.8. The average molecular weight is 255 g/mol. The van der Waals surface area contributed by atoms with Crippen molar-refractivity contribution in [2.24, 2.45) is 0 Å². The van der Waals surface area contributed by atoms with Crippen molar-refractivity contribution in [1.29, 1.82) is 0 Å². The molecule has 1 unspecified atom stereocenters. The second kappa shape index (κ2) is 6.51. The Morgan fingerprint density at radius 2 is 1.88 bits per heavy atom. The van der Waals surface area contributed by atoms with Gasteiger partial charge >= 0.3 is 5.97 Å². The minimum Gasteiger partial charge on any atom is -0.481 e. The van der Waals surface area contributed by atoms with E-state index in [1.807, 2.05) is 19.0 Å². The van der Waals surface area contributed by atoms with Gasteiger partial charge in [-0.25, -0.2) is 0 Å². The van der Waals surface area contributed by atoms with Crippen LogP contribution in [0.3, 0.4) is 0 Å². The molecule has 0 spiro atoms. The molecule has 0 aliphatic heterocycles. The highest BCUT2D eigenvalue weighted by atomic mass is 32.2. The van der Waals surface area contributed by atoms with Gasteiger partial charge in [0.1, 0.15) is 0 Å². The van der Waals surface area contributed by atoms with Gasteiger partial charge < -0.3 is 10.0 Å². The second-order valence-electron chi connectivity index (χ2n) is 4.07. The van der Waals surface area contributed by atoms with Gasteiger partial charge in [-0.05, 0) is 31.8 Å². The standard InChI is InChI=1S/C12H17NO3S/c1-13(2)7-8-17(16)11-5-3-10(4-6-11)9-12(14)15/h3-6H,7-9H2,1-2H3,(H,14,15). The molecule has 0 aliphatic rings. The van der Waals surface area contributed by atoms with Crippen LogP contribution in [0, 0.1) is 0 Å². The summed E-state index contributed by atoms with van der Waals surface area (Å²) in [7, 11) is 2.86. The molecule has 0 bridgehead atoms. The fourth-order valence-corrected chi connectivity index (χ4v) is 2.52. The molecule has 0 aromatic heterocycles. The van der Waals surface area contributed by atoms with Crippen LogP contribution in [0.25, 0.3) is 0 Å². The SMILES string of the molecule is CN(C)CCS(=O)c1ccc(CC(=O)O)cc1. The molecule has 4 nitrogen and oxygen atoms in total. The van der Waals surface area contributed by atoms with Gasteiger partial charge in [0.25, 0.3) is 0 Å². The maximum Gasteiger partial charge on any atom is 0.307 e. The topological polar surface area (TPSA) is 57.6 Å². The Kier molecular flexibility index (Phi) is 5.31. The van der Waals surface area contributed by atoms with E-state index < -0.39 is 16.8 Å². The van der Waals surface area contributed by atoms with Crippen LogP contribution in [0.1, 0.15) is 5.56 Å². The molecule has 1 aromatic rings. The molecule has 0 radical (unpaired) electrons. The summed E-state index contributed by atoms with van der Waals surface area (Å²) in [6.07, 6.45) is 0.00458. The Hall–Kier alpha value is -1.20. The number of carboxylic acids is 1. The van der Waals surface area contributed by atoms with Gasteiger partial charge in [-0.1, -0.05) is 12.1 Å². The first-order chi connectivity index (χ1) is 7.99. The van der Waals surface area contributed by atoms with Crippen molar-refractivity contribution in [1.82, 2.24) is 4.90 Å². The number of benzene rings is 1. The van der Waals surface area contributed by atoms with Crippen molar-refractivity contribution in [3.8, 4) is 0 Å². The molecule has 0 aliphatic carbocycles. The average Bonchev–Trinajstić information content (AvgIpc) is 2.26. The minimum atomic E-state index is -1.01. The Balaban J connectivity index is 2.60. The molecular weight excluding hydrogens is 238 g/mol. The lowest BCUT2D eigenvalue weighted by Gasteiger charge is -2.09. The van der Waals surface area contributed by atoms with Crippen molar-refractivity contribution < 1.29 is 14.1 Å². The lowest BCUT2D eigenvalue weighted by Crippen LogP contribution is -2.19. The number of aliphatic carboxylic acids is 1. The Bertz CT molecular complexity index is 401. The fourth-order valence-electron chi connectivity index (χ4n) is 1.32. The smallest absolute Gasteiger partial charge is 0.307 e.